The second-order valence-electron chi connectivity index (χ2n) is 4.49. The summed E-state index contributed by atoms with van der Waals surface area (Å²) in [6.07, 6.45) is 4.25. The van der Waals surface area contributed by atoms with E-state index in [2.05, 4.69) is 34.2 Å². The summed E-state index contributed by atoms with van der Waals surface area (Å²) in [5, 5.41) is 0. The molecule has 86 valence electrons. The van der Waals surface area contributed by atoms with Gasteiger partial charge >= 0.3 is 0 Å². The largest absolute Gasteiger partial charge is 0.325 e. The van der Waals surface area contributed by atoms with Gasteiger partial charge in [-0.1, -0.05) is 24.3 Å². The standard InChI is InChI=1S/C14H15N3/c15-8-13-7-14(17-9-16-13)12-5-3-11(4-6-12)10-1-2-10/h3-7,9-10H,1-2,8,15H2. The fourth-order valence-electron chi connectivity index (χ4n) is 2.01. The number of rotatable bonds is 3. The van der Waals surface area contributed by atoms with Gasteiger partial charge in [0, 0.05) is 12.1 Å². The van der Waals surface area contributed by atoms with Crippen LogP contribution in [0, 0.1) is 0 Å². The molecule has 3 nitrogen and oxygen atoms in total. The topological polar surface area (TPSA) is 51.8 Å². The predicted octanol–water partition coefficient (Wildman–Crippen LogP) is 2.48. The average Bonchev–Trinajstić information content (AvgIpc) is 3.23. The van der Waals surface area contributed by atoms with Gasteiger partial charge in [0.05, 0.1) is 11.4 Å². The van der Waals surface area contributed by atoms with E-state index in [1.54, 1.807) is 6.33 Å². The SMILES string of the molecule is NCc1cc(-c2ccc(C3CC3)cc2)ncn1. The van der Waals surface area contributed by atoms with Crippen LogP contribution in [0.2, 0.25) is 0 Å². The van der Waals surface area contributed by atoms with Crippen LogP contribution in [0.3, 0.4) is 0 Å². The van der Waals surface area contributed by atoms with Crippen molar-refractivity contribution in [2.75, 3.05) is 0 Å². The van der Waals surface area contributed by atoms with E-state index in [0.717, 1.165) is 22.9 Å². The second-order valence-corrected chi connectivity index (χ2v) is 4.49. The average molecular weight is 225 g/mol. The Hall–Kier alpha value is -1.74. The zero-order valence-electron chi connectivity index (χ0n) is 9.63. The predicted molar refractivity (Wildman–Crippen MR) is 67.3 cm³/mol. The molecule has 0 atom stereocenters. The fraction of sp³-hybridized carbons (Fsp3) is 0.286. The van der Waals surface area contributed by atoms with E-state index < -0.39 is 0 Å². The molecule has 0 spiro atoms. The monoisotopic (exact) mass is 225 g/mol. The minimum atomic E-state index is 0.454. The van der Waals surface area contributed by atoms with Gasteiger partial charge in [0.1, 0.15) is 6.33 Å². The maximum atomic E-state index is 5.58. The van der Waals surface area contributed by atoms with Gasteiger partial charge in [0.15, 0.2) is 0 Å². The Kier molecular flexibility index (Phi) is 2.61. The van der Waals surface area contributed by atoms with Crippen LogP contribution in [-0.4, -0.2) is 9.97 Å². The first-order chi connectivity index (χ1) is 8.36. The lowest BCUT2D eigenvalue weighted by atomic mass is 10.1. The third-order valence-electron chi connectivity index (χ3n) is 3.19. The normalized spacial score (nSPS) is 14.9. The Bertz CT molecular complexity index is 515. The minimum Gasteiger partial charge on any atom is -0.325 e. The maximum absolute atomic E-state index is 5.58. The Morgan fingerprint density at radius 3 is 2.53 bits per heavy atom. The quantitative estimate of drug-likeness (QED) is 0.873. The molecule has 1 aliphatic rings. The number of benzene rings is 1. The van der Waals surface area contributed by atoms with Crippen molar-refractivity contribution in [3.05, 3.63) is 47.9 Å². The summed E-state index contributed by atoms with van der Waals surface area (Å²) in [5.74, 6) is 0.800. The molecule has 2 N–H and O–H groups in total. The van der Waals surface area contributed by atoms with E-state index in [9.17, 15) is 0 Å². The lowest BCUT2D eigenvalue weighted by Crippen LogP contribution is -2.00. The van der Waals surface area contributed by atoms with Crippen LogP contribution in [0.15, 0.2) is 36.7 Å². The third kappa shape index (κ3) is 2.19. The fourth-order valence-corrected chi connectivity index (χ4v) is 2.01. The highest BCUT2D eigenvalue weighted by atomic mass is 14.8. The highest BCUT2D eigenvalue weighted by molar-refractivity contribution is 5.59. The van der Waals surface area contributed by atoms with E-state index >= 15 is 0 Å². The number of nitrogens with two attached hydrogens (primary N) is 1. The molecule has 0 saturated heterocycles. The molecular formula is C14H15N3. The number of aromatic nitrogens is 2. The highest BCUT2D eigenvalue weighted by Crippen LogP contribution is 2.40. The van der Waals surface area contributed by atoms with Gasteiger partial charge in [-0.3, -0.25) is 0 Å². The molecule has 0 bridgehead atoms. The van der Waals surface area contributed by atoms with Crippen LogP contribution < -0.4 is 5.73 Å². The van der Waals surface area contributed by atoms with Gasteiger partial charge in [-0.15, -0.1) is 0 Å². The number of hydrogen-bond donors (Lipinski definition) is 1. The Balaban J connectivity index is 1.91. The first-order valence-corrected chi connectivity index (χ1v) is 5.98. The lowest BCUT2D eigenvalue weighted by molar-refractivity contribution is 0.966. The van der Waals surface area contributed by atoms with E-state index in [1.165, 1.54) is 18.4 Å². The first-order valence-electron chi connectivity index (χ1n) is 5.98. The van der Waals surface area contributed by atoms with Crippen LogP contribution in [0.25, 0.3) is 11.3 Å². The first kappa shape index (κ1) is 10.4. The molecule has 17 heavy (non-hydrogen) atoms. The molecule has 1 aromatic heterocycles. The van der Waals surface area contributed by atoms with E-state index in [1.807, 2.05) is 6.07 Å². The zero-order valence-corrected chi connectivity index (χ0v) is 9.63. The van der Waals surface area contributed by atoms with E-state index in [-0.39, 0.29) is 0 Å². The third-order valence-corrected chi connectivity index (χ3v) is 3.19. The van der Waals surface area contributed by atoms with Crippen molar-refractivity contribution in [2.45, 2.75) is 25.3 Å². The molecule has 0 aliphatic heterocycles. The van der Waals surface area contributed by atoms with Crippen molar-refractivity contribution < 1.29 is 0 Å². The van der Waals surface area contributed by atoms with Crippen molar-refractivity contribution in [1.82, 2.24) is 9.97 Å². The molecule has 1 saturated carbocycles. The van der Waals surface area contributed by atoms with Crippen LogP contribution >= 0.6 is 0 Å². The molecule has 1 heterocycles. The van der Waals surface area contributed by atoms with Crippen LogP contribution in [0.5, 0.6) is 0 Å². The maximum Gasteiger partial charge on any atom is 0.116 e. The Labute approximate surface area is 101 Å². The van der Waals surface area contributed by atoms with Crippen LogP contribution in [0.1, 0.15) is 30.0 Å². The summed E-state index contributed by atoms with van der Waals surface area (Å²) >= 11 is 0. The summed E-state index contributed by atoms with van der Waals surface area (Å²) in [5.41, 5.74) is 9.98. The van der Waals surface area contributed by atoms with Crippen molar-refractivity contribution in [2.24, 2.45) is 5.73 Å². The van der Waals surface area contributed by atoms with Gasteiger partial charge in [-0.25, -0.2) is 9.97 Å². The molecule has 3 heteroatoms. The van der Waals surface area contributed by atoms with E-state index in [4.69, 9.17) is 5.73 Å². The molecule has 0 radical (unpaired) electrons. The summed E-state index contributed by atoms with van der Waals surface area (Å²) in [6.45, 7) is 0.454. The van der Waals surface area contributed by atoms with Crippen molar-refractivity contribution in [3.63, 3.8) is 0 Å². The summed E-state index contributed by atoms with van der Waals surface area (Å²) in [4.78, 5) is 8.38. The zero-order chi connectivity index (χ0) is 11.7. The van der Waals surface area contributed by atoms with Gasteiger partial charge in [0.2, 0.25) is 0 Å². The highest BCUT2D eigenvalue weighted by Gasteiger charge is 2.22. The molecule has 2 aromatic rings. The van der Waals surface area contributed by atoms with Gasteiger partial charge in [0.25, 0.3) is 0 Å². The lowest BCUT2D eigenvalue weighted by Gasteiger charge is -2.04. The summed E-state index contributed by atoms with van der Waals surface area (Å²) < 4.78 is 0. The van der Waals surface area contributed by atoms with E-state index in [0.29, 0.717) is 6.54 Å². The molecule has 0 amide bonds. The molecule has 1 aliphatic carbocycles. The Morgan fingerprint density at radius 1 is 1.12 bits per heavy atom. The molecule has 0 unspecified atom stereocenters. The summed E-state index contributed by atoms with van der Waals surface area (Å²) in [7, 11) is 0. The van der Waals surface area contributed by atoms with Crippen molar-refractivity contribution in [3.8, 4) is 11.3 Å². The van der Waals surface area contributed by atoms with Gasteiger partial charge in [-0.2, -0.15) is 0 Å². The van der Waals surface area contributed by atoms with Crippen molar-refractivity contribution in [1.29, 1.82) is 0 Å². The Morgan fingerprint density at radius 2 is 1.88 bits per heavy atom. The van der Waals surface area contributed by atoms with Crippen molar-refractivity contribution >= 4 is 0 Å². The molecule has 1 aromatic carbocycles. The summed E-state index contributed by atoms with van der Waals surface area (Å²) in [6, 6.07) is 10.6. The molecule has 1 fully saturated rings. The number of hydrogen-bond acceptors (Lipinski definition) is 3. The second kappa shape index (κ2) is 4.26. The molecule has 3 rings (SSSR count). The smallest absolute Gasteiger partial charge is 0.116 e. The van der Waals surface area contributed by atoms with Crippen LogP contribution in [0.4, 0.5) is 0 Å². The van der Waals surface area contributed by atoms with Gasteiger partial charge in [-0.05, 0) is 30.4 Å². The van der Waals surface area contributed by atoms with Crippen LogP contribution in [-0.2, 0) is 6.54 Å². The minimum absolute atomic E-state index is 0.454. The molecular weight excluding hydrogens is 210 g/mol. The van der Waals surface area contributed by atoms with Gasteiger partial charge < -0.3 is 5.73 Å². The number of nitrogens with zero attached hydrogens (tertiary/aromatic N) is 2.